The molecule has 0 amide bonds. The summed E-state index contributed by atoms with van der Waals surface area (Å²) in [4.78, 5) is 15.4. The van der Waals surface area contributed by atoms with Gasteiger partial charge in [0.05, 0.1) is 76.9 Å². The smallest absolute Gasteiger partial charge is 0.307 e. The molecule has 0 aliphatic heterocycles. The Morgan fingerprint density at radius 3 is 0.974 bits per heavy atom. The minimum Gasteiger partial charge on any atom is -0.307 e. The SMILES string of the molecule is [C-]#[N+]c1ccccc1-c1ccc2c3ccc(-c4ccccc4[N+]#[C-])cc3n(-c3cc(C#N)c(-c4ccccc4C(F)(F)F)cc3-n3c4cc(-c5ccccc5[N+]#[C-])ccc4c4ccc(-c5ccccc5[N+]#[C-])cc43)c2c1. The quantitative estimate of drug-likeness (QED) is 0.147. The first-order valence-electron chi connectivity index (χ1n) is 23.9. The summed E-state index contributed by atoms with van der Waals surface area (Å²) in [5.41, 5.74) is 9.89. The second kappa shape index (κ2) is 18.3. The Labute approximate surface area is 434 Å². The van der Waals surface area contributed by atoms with Crippen molar-refractivity contribution < 1.29 is 13.2 Å². The number of hydrogen-bond donors (Lipinski definition) is 0. The van der Waals surface area contributed by atoms with Crippen molar-refractivity contribution in [1.29, 1.82) is 5.26 Å². The Balaban J connectivity index is 1.29. The average Bonchev–Trinajstić information content (AvgIpc) is 4.15. The first-order chi connectivity index (χ1) is 37.1. The van der Waals surface area contributed by atoms with Gasteiger partial charge in [-0.2, -0.15) is 18.4 Å². The molecule has 12 rings (SSSR count). The number of hydrogen-bond acceptors (Lipinski definition) is 1. The molecule has 0 fully saturated rings. The van der Waals surface area contributed by atoms with Crippen molar-refractivity contribution in [3.05, 3.63) is 263 Å². The highest BCUT2D eigenvalue weighted by Gasteiger charge is 2.35. The van der Waals surface area contributed by atoms with Crippen molar-refractivity contribution in [2.24, 2.45) is 0 Å². The molecule has 12 aromatic rings. The fourth-order valence-corrected chi connectivity index (χ4v) is 10.7. The Bertz CT molecular complexity index is 4420. The number of aromatic nitrogens is 2. The molecule has 0 aliphatic carbocycles. The Kier molecular flexibility index (Phi) is 11.1. The molecule has 0 aliphatic rings. The zero-order valence-corrected chi connectivity index (χ0v) is 39.9. The highest BCUT2D eigenvalue weighted by molar-refractivity contribution is 6.14. The van der Waals surface area contributed by atoms with Gasteiger partial charge in [-0.3, -0.25) is 0 Å². The zero-order chi connectivity index (χ0) is 52.2. The van der Waals surface area contributed by atoms with Gasteiger partial charge >= 0.3 is 6.18 Å². The third kappa shape index (κ3) is 7.49. The summed E-state index contributed by atoms with van der Waals surface area (Å²) in [5.74, 6) is 0. The molecule has 10 heteroatoms. The van der Waals surface area contributed by atoms with E-state index in [1.807, 2.05) is 143 Å². The van der Waals surface area contributed by atoms with Crippen LogP contribution in [0.2, 0.25) is 0 Å². The normalized spacial score (nSPS) is 11.3. The molecule has 0 atom stereocenters. The fraction of sp³-hybridized carbons (Fsp3) is 0.0152. The predicted molar refractivity (Wildman–Crippen MR) is 297 cm³/mol. The van der Waals surface area contributed by atoms with Gasteiger partial charge in [0.25, 0.3) is 0 Å². The van der Waals surface area contributed by atoms with E-state index in [2.05, 4.69) is 25.4 Å². The number of rotatable bonds is 7. The molecule has 0 saturated heterocycles. The summed E-state index contributed by atoms with van der Waals surface area (Å²) in [6, 6.07) is 64.0. The summed E-state index contributed by atoms with van der Waals surface area (Å²) in [6.07, 6.45) is -4.78. The van der Waals surface area contributed by atoms with Gasteiger partial charge in [-0.25, -0.2) is 19.4 Å². The summed E-state index contributed by atoms with van der Waals surface area (Å²) in [7, 11) is 0. The van der Waals surface area contributed by atoms with Crippen LogP contribution in [0.15, 0.2) is 206 Å². The average molecular weight is 982 g/mol. The lowest BCUT2D eigenvalue weighted by molar-refractivity contribution is -0.137. The molecule has 0 spiro atoms. The zero-order valence-electron chi connectivity index (χ0n) is 39.9. The number of nitriles is 1. The van der Waals surface area contributed by atoms with E-state index in [1.165, 1.54) is 18.2 Å². The van der Waals surface area contributed by atoms with Gasteiger partial charge in [0, 0.05) is 27.1 Å². The Morgan fingerprint density at radius 2 is 0.658 bits per heavy atom. The largest absolute Gasteiger partial charge is 0.417 e. The van der Waals surface area contributed by atoms with Gasteiger partial charge in [0.15, 0.2) is 22.7 Å². The van der Waals surface area contributed by atoms with Crippen molar-refractivity contribution >= 4 is 66.4 Å². The van der Waals surface area contributed by atoms with E-state index in [0.29, 0.717) is 78.4 Å². The van der Waals surface area contributed by atoms with Crippen LogP contribution >= 0.6 is 0 Å². The maximum Gasteiger partial charge on any atom is 0.417 e. The van der Waals surface area contributed by atoms with E-state index >= 15 is 13.2 Å². The third-order valence-corrected chi connectivity index (χ3v) is 14.1. The van der Waals surface area contributed by atoms with Crippen LogP contribution in [0.1, 0.15) is 11.1 Å². The Hall–Kier alpha value is -11.0. The van der Waals surface area contributed by atoms with Crippen LogP contribution in [0.4, 0.5) is 35.9 Å². The number of benzene rings is 10. The van der Waals surface area contributed by atoms with Crippen molar-refractivity contribution in [2.75, 3.05) is 0 Å². The van der Waals surface area contributed by atoms with Crippen LogP contribution in [0.25, 0.3) is 130 Å². The summed E-state index contributed by atoms with van der Waals surface area (Å²) in [5, 5.41) is 14.5. The van der Waals surface area contributed by atoms with Crippen LogP contribution in [-0.4, -0.2) is 9.13 Å². The lowest BCUT2D eigenvalue weighted by atomic mass is 9.94. The molecule has 76 heavy (non-hydrogen) atoms. The van der Waals surface area contributed by atoms with Gasteiger partial charge in [0.2, 0.25) is 0 Å². The standard InChI is InChI=1S/C66H34F3N7/c1-71-56-21-11-6-15-45(56)40-25-29-50-51-30-26-41(46-16-7-12-22-57(46)72-2)34-61(51)75(60(50)33-40)64-37-44(39-70)54(49-19-5-10-20-55(49)66(67,68)69)38-65(64)76-62-35-42(47-17-8-13-23-58(47)73-3)27-31-52(62)53-32-28-43(36-63(53)76)48-18-9-14-24-59(48)74-4/h5-38H. The van der Waals surface area contributed by atoms with Gasteiger partial charge in [-0.1, -0.05) is 164 Å². The van der Waals surface area contributed by atoms with E-state index in [1.54, 1.807) is 48.5 Å². The van der Waals surface area contributed by atoms with Crippen LogP contribution in [0.3, 0.4) is 0 Å². The molecule has 0 N–H and O–H groups in total. The first kappa shape index (κ1) is 46.1. The van der Waals surface area contributed by atoms with Crippen LogP contribution in [-0.2, 0) is 6.18 Å². The third-order valence-electron chi connectivity index (χ3n) is 14.1. The number of nitrogens with zero attached hydrogens (tertiary/aromatic N) is 7. The minimum atomic E-state index is -4.78. The molecule has 0 unspecified atom stereocenters. The molecule has 0 bridgehead atoms. The van der Waals surface area contributed by atoms with Crippen molar-refractivity contribution in [3.8, 4) is 73.1 Å². The monoisotopic (exact) mass is 981 g/mol. The van der Waals surface area contributed by atoms with Crippen LogP contribution in [0.5, 0.6) is 0 Å². The Morgan fingerprint density at radius 1 is 0.355 bits per heavy atom. The molecule has 10 aromatic carbocycles. The number of halogens is 3. The molecular weight excluding hydrogens is 948 g/mol. The number of para-hydroxylation sites is 4. The van der Waals surface area contributed by atoms with Gasteiger partial charge in [0.1, 0.15) is 0 Å². The van der Waals surface area contributed by atoms with Crippen molar-refractivity contribution in [3.63, 3.8) is 0 Å². The molecule has 2 aromatic heterocycles. The van der Waals surface area contributed by atoms with E-state index in [9.17, 15) is 5.26 Å². The maximum atomic E-state index is 15.2. The van der Waals surface area contributed by atoms with Crippen LogP contribution in [0, 0.1) is 37.6 Å². The van der Waals surface area contributed by atoms with Gasteiger partial charge < -0.3 is 9.13 Å². The second-order valence-corrected chi connectivity index (χ2v) is 18.2. The second-order valence-electron chi connectivity index (χ2n) is 18.2. The highest BCUT2D eigenvalue weighted by atomic mass is 19.4. The number of fused-ring (bicyclic) bond motifs is 6. The summed E-state index contributed by atoms with van der Waals surface area (Å²) < 4.78 is 49.8. The molecule has 0 radical (unpaired) electrons. The topological polar surface area (TPSA) is 51.1 Å². The molecule has 7 nitrogen and oxygen atoms in total. The molecule has 0 saturated carbocycles. The van der Waals surface area contributed by atoms with Gasteiger partial charge in [-0.05, 0) is 92.5 Å². The summed E-state index contributed by atoms with van der Waals surface area (Å²) >= 11 is 0. The summed E-state index contributed by atoms with van der Waals surface area (Å²) in [6.45, 7) is 32.3. The maximum absolute atomic E-state index is 15.2. The molecule has 354 valence electrons. The molecule has 2 heterocycles. The number of alkyl halides is 3. The van der Waals surface area contributed by atoms with E-state index in [-0.39, 0.29) is 16.7 Å². The first-order valence-corrected chi connectivity index (χ1v) is 23.9. The minimum absolute atomic E-state index is 0.0198. The van der Waals surface area contributed by atoms with E-state index in [4.69, 9.17) is 26.3 Å². The van der Waals surface area contributed by atoms with Crippen molar-refractivity contribution in [1.82, 2.24) is 9.13 Å². The molecular formula is C66H34F3N7. The lowest BCUT2D eigenvalue weighted by Gasteiger charge is -2.21. The van der Waals surface area contributed by atoms with Crippen LogP contribution < -0.4 is 0 Å². The highest BCUT2D eigenvalue weighted by Crippen LogP contribution is 2.47. The van der Waals surface area contributed by atoms with Gasteiger partial charge in [-0.15, -0.1) is 0 Å². The lowest BCUT2D eigenvalue weighted by Crippen LogP contribution is -2.09. The van der Waals surface area contributed by atoms with E-state index in [0.717, 1.165) is 49.9 Å². The van der Waals surface area contributed by atoms with Crippen molar-refractivity contribution in [2.45, 2.75) is 6.18 Å². The van der Waals surface area contributed by atoms with E-state index < -0.39 is 11.7 Å². The fourth-order valence-electron chi connectivity index (χ4n) is 10.7. The predicted octanol–water partition coefficient (Wildman–Crippen LogP) is 19.3.